The maximum atomic E-state index is 15.4. The average molecular weight is 645 g/mol. The number of benzene rings is 2. The van der Waals surface area contributed by atoms with Gasteiger partial charge in [0.05, 0.1) is 32.0 Å². The van der Waals surface area contributed by atoms with E-state index in [1.807, 2.05) is 32.9 Å². The van der Waals surface area contributed by atoms with Gasteiger partial charge in [0.25, 0.3) is 0 Å². The van der Waals surface area contributed by atoms with Crippen molar-refractivity contribution in [3.05, 3.63) is 53.3 Å². The van der Waals surface area contributed by atoms with Crippen LogP contribution in [0, 0.1) is 5.82 Å². The minimum atomic E-state index is -2.39. The molecule has 9 nitrogen and oxygen atoms in total. The van der Waals surface area contributed by atoms with E-state index in [1.165, 1.54) is 11.0 Å². The Morgan fingerprint density at radius 1 is 1.07 bits per heavy atom. The summed E-state index contributed by atoms with van der Waals surface area (Å²) in [6, 6.07) is 10.2. The fourth-order valence-electron chi connectivity index (χ4n) is 5.32. The van der Waals surface area contributed by atoms with E-state index in [0.29, 0.717) is 23.5 Å². The molecule has 2 aliphatic rings. The number of aliphatic hydroxyl groups is 1. The van der Waals surface area contributed by atoms with Crippen LogP contribution in [0.3, 0.4) is 0 Å². The Morgan fingerprint density at radius 3 is 2.33 bits per heavy atom. The molecule has 45 heavy (non-hydrogen) atoms. The zero-order valence-corrected chi connectivity index (χ0v) is 29.2. The maximum absolute atomic E-state index is 15.4. The minimum absolute atomic E-state index is 0.126. The predicted octanol–water partition coefficient (Wildman–Crippen LogP) is 6.45. The van der Waals surface area contributed by atoms with Crippen molar-refractivity contribution < 1.29 is 37.7 Å². The van der Waals surface area contributed by atoms with Gasteiger partial charge in [-0.3, -0.25) is 4.79 Å². The predicted molar refractivity (Wildman–Crippen MR) is 174 cm³/mol. The molecule has 2 aliphatic heterocycles. The summed E-state index contributed by atoms with van der Waals surface area (Å²) in [5.74, 6) is 0.414. The molecule has 2 aromatic rings. The second-order valence-corrected chi connectivity index (χ2v) is 19.4. The van der Waals surface area contributed by atoms with Gasteiger partial charge in [0, 0.05) is 18.5 Å². The molecule has 1 N–H and O–H groups in total. The fourth-order valence-corrected chi connectivity index (χ4v) is 6.68. The Hall–Kier alpha value is -3.15. The van der Waals surface area contributed by atoms with Crippen molar-refractivity contribution in [1.29, 1.82) is 0 Å². The van der Waals surface area contributed by atoms with Crippen LogP contribution in [0.15, 0.2) is 36.4 Å². The van der Waals surface area contributed by atoms with Gasteiger partial charge in [-0.2, -0.15) is 0 Å². The van der Waals surface area contributed by atoms with Crippen LogP contribution in [0.4, 0.5) is 14.9 Å². The average Bonchev–Trinajstić information content (AvgIpc) is 2.94. The third kappa shape index (κ3) is 7.99. The molecule has 0 aliphatic carbocycles. The monoisotopic (exact) mass is 644 g/mol. The lowest BCUT2D eigenvalue weighted by Gasteiger charge is -2.48. The molecule has 0 unspecified atom stereocenters. The topological polar surface area (TPSA) is 97.8 Å². The number of piperidine rings is 1. The molecular weight excluding hydrogens is 595 g/mol. The van der Waals surface area contributed by atoms with Gasteiger partial charge < -0.3 is 33.5 Å². The van der Waals surface area contributed by atoms with Crippen molar-refractivity contribution in [2.75, 3.05) is 31.7 Å². The lowest BCUT2D eigenvalue weighted by Crippen LogP contribution is -2.63. The van der Waals surface area contributed by atoms with Crippen molar-refractivity contribution in [2.24, 2.45) is 0 Å². The molecule has 2 aromatic carbocycles. The molecule has 0 aromatic heterocycles. The summed E-state index contributed by atoms with van der Waals surface area (Å²) in [5.41, 5.74) is -0.476. The number of anilines is 1. The number of amides is 2. The van der Waals surface area contributed by atoms with E-state index in [4.69, 9.17) is 18.6 Å². The van der Waals surface area contributed by atoms with Crippen LogP contribution in [0.5, 0.6) is 11.5 Å². The summed E-state index contributed by atoms with van der Waals surface area (Å²) in [6.45, 7) is 16.5. The zero-order valence-electron chi connectivity index (χ0n) is 28.2. The number of fused-ring (bicyclic) bond motifs is 1. The maximum Gasteiger partial charge on any atom is 0.410 e. The van der Waals surface area contributed by atoms with E-state index in [1.54, 1.807) is 30.2 Å². The van der Waals surface area contributed by atoms with E-state index in [-0.39, 0.29) is 55.7 Å². The number of carbonyl (C=O) groups excluding carboxylic acids is 2. The van der Waals surface area contributed by atoms with Crippen LogP contribution in [-0.4, -0.2) is 74.4 Å². The standard InChI is InChI=1S/C34H49FN2O7Si/c1-32(2,3)43-31(39)36-19-18-34(40,28(21-36)44-45(8,9)33(4,5)6)22-42-27-16-15-26(35)30-25(27)14-17-29(38)37(30)20-23-10-12-24(41-7)13-11-23/h10-13,15-16,28,40H,14,17-22H2,1-9H3/t28-,34+/m1/s1. The summed E-state index contributed by atoms with van der Waals surface area (Å²) in [6.07, 6.45) is -0.464. The quantitative estimate of drug-likeness (QED) is 0.330. The lowest BCUT2D eigenvalue weighted by molar-refractivity contribution is -0.129. The Bertz CT molecular complexity index is 1390. The molecule has 2 atom stereocenters. The van der Waals surface area contributed by atoms with Gasteiger partial charge in [0.2, 0.25) is 5.91 Å². The van der Waals surface area contributed by atoms with Gasteiger partial charge in [-0.25, -0.2) is 9.18 Å². The second-order valence-electron chi connectivity index (χ2n) is 14.6. The van der Waals surface area contributed by atoms with Crippen molar-refractivity contribution in [2.45, 2.75) is 103 Å². The number of likely N-dealkylation sites (tertiary alicyclic amines) is 1. The molecule has 2 heterocycles. The van der Waals surface area contributed by atoms with E-state index in [2.05, 4.69) is 33.9 Å². The van der Waals surface area contributed by atoms with Crippen molar-refractivity contribution in [3.8, 4) is 11.5 Å². The Kier molecular flexibility index (Phi) is 9.97. The lowest BCUT2D eigenvalue weighted by atomic mass is 9.89. The first kappa shape index (κ1) is 34.7. The van der Waals surface area contributed by atoms with Crippen LogP contribution in [-0.2, 0) is 26.9 Å². The van der Waals surface area contributed by atoms with Gasteiger partial charge >= 0.3 is 6.09 Å². The first-order valence-electron chi connectivity index (χ1n) is 15.6. The number of halogens is 1. The zero-order chi connectivity index (χ0) is 33.4. The third-order valence-electron chi connectivity index (χ3n) is 9.02. The summed E-state index contributed by atoms with van der Waals surface area (Å²) in [7, 11) is -0.805. The van der Waals surface area contributed by atoms with Gasteiger partial charge in [0.15, 0.2) is 8.32 Å². The molecular formula is C34H49FN2O7Si. The SMILES string of the molecule is COc1ccc(CN2C(=O)CCc3c(OC[C@@]4(O)CCN(C(=O)OC(C)(C)C)C[C@H]4O[Si](C)(C)C(C)(C)C)ccc(F)c32)cc1. The van der Waals surface area contributed by atoms with Gasteiger partial charge in [-0.1, -0.05) is 32.9 Å². The number of hydrogen-bond donors (Lipinski definition) is 1. The van der Waals surface area contributed by atoms with E-state index in [0.717, 1.165) is 5.56 Å². The highest BCUT2D eigenvalue weighted by Gasteiger charge is 2.50. The largest absolute Gasteiger partial charge is 0.497 e. The van der Waals surface area contributed by atoms with E-state index >= 15 is 4.39 Å². The number of carbonyl (C=O) groups is 2. The number of nitrogens with zero attached hydrogens (tertiary/aromatic N) is 2. The molecule has 248 valence electrons. The smallest absolute Gasteiger partial charge is 0.410 e. The normalized spacial score (nSPS) is 21.0. The van der Waals surface area contributed by atoms with Crippen LogP contribution in [0.2, 0.25) is 18.1 Å². The highest BCUT2D eigenvalue weighted by Crippen LogP contribution is 2.42. The van der Waals surface area contributed by atoms with E-state index in [9.17, 15) is 14.7 Å². The third-order valence-corrected chi connectivity index (χ3v) is 13.5. The second kappa shape index (κ2) is 12.9. The van der Waals surface area contributed by atoms with Crippen LogP contribution in [0.1, 0.15) is 65.5 Å². The Morgan fingerprint density at radius 2 is 1.73 bits per heavy atom. The number of ether oxygens (including phenoxy) is 3. The van der Waals surface area contributed by atoms with Crippen molar-refractivity contribution in [3.63, 3.8) is 0 Å². The summed E-state index contributed by atoms with van der Waals surface area (Å²) >= 11 is 0. The van der Waals surface area contributed by atoms with Crippen LogP contribution < -0.4 is 14.4 Å². The summed E-state index contributed by atoms with van der Waals surface area (Å²) in [5, 5.41) is 11.9. The molecule has 2 amide bonds. The van der Waals surface area contributed by atoms with Gasteiger partial charge in [-0.15, -0.1) is 0 Å². The molecule has 0 bridgehead atoms. The first-order valence-corrected chi connectivity index (χ1v) is 18.5. The minimum Gasteiger partial charge on any atom is -0.497 e. The summed E-state index contributed by atoms with van der Waals surface area (Å²) < 4.78 is 39.3. The molecule has 4 rings (SSSR count). The number of methoxy groups -OCH3 is 1. The van der Waals surface area contributed by atoms with Gasteiger partial charge in [-0.05, 0) is 81.6 Å². The molecule has 0 spiro atoms. The van der Waals surface area contributed by atoms with Crippen molar-refractivity contribution in [1.82, 2.24) is 4.90 Å². The highest BCUT2D eigenvalue weighted by atomic mass is 28.4. The number of hydrogen-bond acceptors (Lipinski definition) is 7. The van der Waals surface area contributed by atoms with Crippen LogP contribution >= 0.6 is 0 Å². The molecule has 0 radical (unpaired) electrons. The Labute approximate surface area is 267 Å². The Balaban J connectivity index is 1.59. The molecule has 1 fully saturated rings. The fraction of sp³-hybridized carbons (Fsp3) is 0.588. The van der Waals surface area contributed by atoms with E-state index < -0.39 is 37.5 Å². The molecule has 0 saturated carbocycles. The highest BCUT2D eigenvalue weighted by molar-refractivity contribution is 6.74. The molecule has 11 heteroatoms. The first-order chi connectivity index (χ1) is 20.8. The summed E-state index contributed by atoms with van der Waals surface area (Å²) in [4.78, 5) is 29.1. The molecule has 1 saturated heterocycles. The van der Waals surface area contributed by atoms with Crippen LogP contribution in [0.25, 0.3) is 0 Å². The van der Waals surface area contributed by atoms with Gasteiger partial charge in [0.1, 0.15) is 35.1 Å². The number of rotatable bonds is 8. The van der Waals surface area contributed by atoms with Crippen molar-refractivity contribution >= 4 is 26.0 Å².